The Kier molecular flexibility index (Phi) is 3.71. The number of aliphatic hydroxyl groups is 1. The molecule has 17 heavy (non-hydrogen) atoms. The van der Waals surface area contributed by atoms with Gasteiger partial charge in [-0.3, -0.25) is 4.79 Å². The lowest BCUT2D eigenvalue weighted by Gasteiger charge is -2.21. The molecule has 2 N–H and O–H groups in total. The van der Waals surface area contributed by atoms with Crippen molar-refractivity contribution in [2.75, 3.05) is 20.3 Å². The number of aliphatic hydroxyl groups excluding tert-OH is 1. The van der Waals surface area contributed by atoms with Crippen LogP contribution in [-0.4, -0.2) is 53.3 Å². The van der Waals surface area contributed by atoms with E-state index in [9.17, 15) is 9.90 Å². The number of likely N-dealkylation sites (tertiary alicyclic amines) is 1. The lowest BCUT2D eigenvalue weighted by atomic mass is 10.2. The fourth-order valence-corrected chi connectivity index (χ4v) is 2.28. The highest BCUT2D eigenvalue weighted by molar-refractivity contribution is 6.30. The monoisotopic (exact) mass is 258 g/mol. The van der Waals surface area contributed by atoms with E-state index in [1.165, 1.54) is 0 Å². The first-order valence-electron chi connectivity index (χ1n) is 5.44. The van der Waals surface area contributed by atoms with Crippen molar-refractivity contribution in [1.82, 2.24) is 9.88 Å². The number of amides is 1. The van der Waals surface area contributed by atoms with Gasteiger partial charge in [-0.2, -0.15) is 0 Å². The van der Waals surface area contributed by atoms with Crippen LogP contribution in [0.5, 0.6) is 0 Å². The van der Waals surface area contributed by atoms with E-state index >= 15 is 0 Å². The average Bonchev–Trinajstić information content (AvgIpc) is 2.93. The van der Waals surface area contributed by atoms with Crippen LogP contribution < -0.4 is 0 Å². The molecule has 1 saturated heterocycles. The number of aromatic amines is 1. The molecule has 1 aromatic heterocycles. The van der Waals surface area contributed by atoms with Crippen LogP contribution in [0.1, 0.15) is 16.9 Å². The van der Waals surface area contributed by atoms with Gasteiger partial charge in [0, 0.05) is 19.9 Å². The fraction of sp³-hybridized carbons (Fsp3) is 0.545. The van der Waals surface area contributed by atoms with E-state index in [1.807, 2.05) is 0 Å². The van der Waals surface area contributed by atoms with Gasteiger partial charge in [-0.15, -0.1) is 0 Å². The highest BCUT2D eigenvalue weighted by Crippen LogP contribution is 2.22. The Bertz CT molecular complexity index is 407. The predicted octanol–water partition coefficient (Wildman–Crippen LogP) is 0.890. The second-order valence-electron chi connectivity index (χ2n) is 4.12. The van der Waals surface area contributed by atoms with E-state index in [0.29, 0.717) is 23.7 Å². The van der Waals surface area contributed by atoms with Crippen molar-refractivity contribution in [3.63, 3.8) is 0 Å². The molecule has 1 fully saturated rings. The molecule has 2 rings (SSSR count). The topological polar surface area (TPSA) is 65.6 Å². The lowest BCUT2D eigenvalue weighted by molar-refractivity contribution is 0.0643. The zero-order valence-corrected chi connectivity index (χ0v) is 10.3. The van der Waals surface area contributed by atoms with Crippen LogP contribution in [0.25, 0.3) is 0 Å². The molecular weight excluding hydrogens is 244 g/mol. The maximum absolute atomic E-state index is 12.2. The quantitative estimate of drug-likeness (QED) is 0.846. The summed E-state index contributed by atoms with van der Waals surface area (Å²) in [5, 5.41) is 9.76. The molecule has 1 aliphatic rings. The molecule has 0 saturated carbocycles. The van der Waals surface area contributed by atoms with Gasteiger partial charge in [-0.25, -0.2) is 0 Å². The number of hydrogen-bond acceptors (Lipinski definition) is 3. The van der Waals surface area contributed by atoms with Crippen LogP contribution in [0.2, 0.25) is 5.02 Å². The van der Waals surface area contributed by atoms with E-state index in [0.717, 1.165) is 0 Å². The van der Waals surface area contributed by atoms with Crippen LogP contribution in [0.3, 0.4) is 0 Å². The minimum absolute atomic E-state index is 0.0125. The summed E-state index contributed by atoms with van der Waals surface area (Å²) >= 11 is 5.76. The number of carbonyl (C=O) groups excluding carboxylic acids is 1. The summed E-state index contributed by atoms with van der Waals surface area (Å²) in [6.45, 7) is 0.442. The van der Waals surface area contributed by atoms with Gasteiger partial charge in [0.1, 0.15) is 5.69 Å². The Morgan fingerprint density at radius 3 is 3.06 bits per heavy atom. The predicted molar refractivity (Wildman–Crippen MR) is 63.1 cm³/mol. The van der Waals surface area contributed by atoms with Gasteiger partial charge < -0.3 is 19.7 Å². The average molecular weight is 259 g/mol. The van der Waals surface area contributed by atoms with E-state index in [4.69, 9.17) is 16.3 Å². The zero-order chi connectivity index (χ0) is 12.4. The molecule has 1 aliphatic heterocycles. The van der Waals surface area contributed by atoms with Crippen molar-refractivity contribution in [3.8, 4) is 0 Å². The molecule has 0 bridgehead atoms. The number of halogens is 1. The number of nitrogens with one attached hydrogen (secondary N) is 1. The van der Waals surface area contributed by atoms with Crippen molar-refractivity contribution < 1.29 is 14.6 Å². The molecular formula is C11H15ClN2O3. The van der Waals surface area contributed by atoms with E-state index in [2.05, 4.69) is 4.98 Å². The van der Waals surface area contributed by atoms with Crippen LogP contribution in [-0.2, 0) is 4.74 Å². The lowest BCUT2D eigenvalue weighted by Crippen LogP contribution is -2.38. The van der Waals surface area contributed by atoms with Gasteiger partial charge in [0.25, 0.3) is 5.91 Å². The van der Waals surface area contributed by atoms with Crippen molar-refractivity contribution in [1.29, 1.82) is 0 Å². The minimum Gasteiger partial charge on any atom is -0.394 e. The van der Waals surface area contributed by atoms with Gasteiger partial charge in [-0.1, -0.05) is 11.6 Å². The van der Waals surface area contributed by atoms with Crippen molar-refractivity contribution in [3.05, 3.63) is 23.0 Å². The van der Waals surface area contributed by atoms with Gasteiger partial charge in [0.15, 0.2) is 0 Å². The van der Waals surface area contributed by atoms with E-state index in [-0.39, 0.29) is 24.7 Å². The van der Waals surface area contributed by atoms with Gasteiger partial charge >= 0.3 is 0 Å². The molecule has 0 unspecified atom stereocenters. The molecule has 94 valence electrons. The summed E-state index contributed by atoms with van der Waals surface area (Å²) in [7, 11) is 1.61. The Hall–Kier alpha value is -1.04. The molecule has 1 aromatic rings. The molecule has 2 atom stereocenters. The summed E-state index contributed by atoms with van der Waals surface area (Å²) in [4.78, 5) is 16.6. The van der Waals surface area contributed by atoms with E-state index in [1.54, 1.807) is 24.3 Å². The molecule has 0 aliphatic carbocycles. The smallest absolute Gasteiger partial charge is 0.270 e. The Morgan fingerprint density at radius 1 is 1.76 bits per heavy atom. The second-order valence-corrected chi connectivity index (χ2v) is 4.56. The summed E-state index contributed by atoms with van der Waals surface area (Å²) in [5.41, 5.74) is 0.435. The summed E-state index contributed by atoms with van der Waals surface area (Å²) in [6.07, 6.45) is 2.21. The number of hydrogen-bond donors (Lipinski definition) is 2. The highest BCUT2D eigenvalue weighted by atomic mass is 35.5. The first kappa shape index (κ1) is 12.4. The highest BCUT2D eigenvalue weighted by Gasteiger charge is 2.35. The maximum Gasteiger partial charge on any atom is 0.270 e. The fourth-order valence-electron chi connectivity index (χ4n) is 2.11. The van der Waals surface area contributed by atoms with Gasteiger partial charge in [0.05, 0.1) is 23.8 Å². The third-order valence-corrected chi connectivity index (χ3v) is 3.28. The number of rotatable bonds is 3. The van der Waals surface area contributed by atoms with Crippen LogP contribution in [0, 0.1) is 0 Å². The number of nitrogens with zero attached hydrogens (tertiary/aromatic N) is 1. The number of aromatic nitrogens is 1. The van der Waals surface area contributed by atoms with Gasteiger partial charge in [-0.05, 0) is 12.5 Å². The van der Waals surface area contributed by atoms with E-state index < -0.39 is 0 Å². The maximum atomic E-state index is 12.2. The summed E-state index contributed by atoms with van der Waals surface area (Å²) in [5.74, 6) is -0.157. The number of H-pyrrole nitrogens is 1. The molecule has 0 spiro atoms. The second kappa shape index (κ2) is 5.08. The largest absolute Gasteiger partial charge is 0.394 e. The van der Waals surface area contributed by atoms with Crippen LogP contribution >= 0.6 is 11.6 Å². The van der Waals surface area contributed by atoms with Gasteiger partial charge in [0.2, 0.25) is 0 Å². The SMILES string of the molecule is CO[C@@H]1C[C@@H](CO)N(C(=O)c2cc(Cl)c[nH]2)C1. The molecule has 1 amide bonds. The van der Waals surface area contributed by atoms with Crippen LogP contribution in [0.15, 0.2) is 12.3 Å². The summed E-state index contributed by atoms with van der Waals surface area (Å²) in [6, 6.07) is 1.40. The van der Waals surface area contributed by atoms with Crippen molar-refractivity contribution in [2.45, 2.75) is 18.6 Å². The first-order valence-corrected chi connectivity index (χ1v) is 5.82. The Morgan fingerprint density at radius 2 is 2.53 bits per heavy atom. The molecule has 2 heterocycles. The third kappa shape index (κ3) is 2.46. The number of methoxy groups -OCH3 is 1. The standard InChI is InChI=1S/C11H15ClN2O3/c1-17-9-3-8(6-15)14(5-9)11(16)10-2-7(12)4-13-10/h2,4,8-9,13,15H,3,5-6H2,1H3/t8-,9+/m0/s1. The zero-order valence-electron chi connectivity index (χ0n) is 9.52. The number of carbonyl (C=O) groups is 1. The third-order valence-electron chi connectivity index (χ3n) is 3.06. The summed E-state index contributed by atoms with van der Waals surface area (Å²) < 4.78 is 5.22. The first-order chi connectivity index (χ1) is 8.15. The van der Waals surface area contributed by atoms with Crippen molar-refractivity contribution >= 4 is 17.5 Å². The van der Waals surface area contributed by atoms with Crippen LogP contribution in [0.4, 0.5) is 0 Å². The minimum atomic E-state index is -0.186. The molecule has 6 heteroatoms. The number of ether oxygens (including phenoxy) is 1. The molecule has 0 aromatic carbocycles. The Labute approximate surface area is 104 Å². The van der Waals surface area contributed by atoms with Crippen molar-refractivity contribution in [2.24, 2.45) is 0 Å². The Balaban J connectivity index is 2.13. The molecule has 5 nitrogen and oxygen atoms in total. The molecule has 0 radical (unpaired) electrons. The normalized spacial score (nSPS) is 24.3.